The third kappa shape index (κ3) is 2.37. The van der Waals surface area contributed by atoms with Crippen LogP contribution in [0, 0.1) is 0 Å². The molecule has 3 heterocycles. The highest BCUT2D eigenvalue weighted by atomic mass is 32.1. The van der Waals surface area contributed by atoms with E-state index in [2.05, 4.69) is 5.16 Å². The van der Waals surface area contributed by atoms with Gasteiger partial charge in [-0.3, -0.25) is 4.79 Å². The Labute approximate surface area is 115 Å². The van der Waals surface area contributed by atoms with E-state index in [0.717, 1.165) is 10.6 Å². The average molecular weight is 280 g/mol. The summed E-state index contributed by atoms with van der Waals surface area (Å²) in [5.41, 5.74) is -0.00413. The summed E-state index contributed by atoms with van der Waals surface area (Å²) in [5.74, 6) is 0.00565. The lowest BCUT2D eigenvalue weighted by Gasteiger charge is -2.32. The minimum Gasteiger partial charge on any atom is -0.379 e. The average Bonchev–Trinajstić information content (AvgIpc) is 3.09. The van der Waals surface area contributed by atoms with Gasteiger partial charge in [0.15, 0.2) is 0 Å². The number of rotatable bonds is 2. The summed E-state index contributed by atoms with van der Waals surface area (Å²) in [5, 5.41) is 6.09. The Morgan fingerprint density at radius 1 is 1.47 bits per heavy atom. The molecule has 0 spiro atoms. The van der Waals surface area contributed by atoms with Crippen LogP contribution < -0.4 is 0 Å². The molecule has 3 rings (SSSR count). The van der Waals surface area contributed by atoms with Gasteiger partial charge in [0.05, 0.1) is 18.1 Å². The van der Waals surface area contributed by atoms with Crippen molar-refractivity contribution < 1.29 is 14.4 Å². The number of ether oxygens (including phenoxy) is 1. The van der Waals surface area contributed by atoms with E-state index in [1.54, 1.807) is 16.2 Å². The molecule has 1 fully saturated rings. The van der Waals surface area contributed by atoms with Crippen LogP contribution in [0.25, 0.3) is 0 Å². The summed E-state index contributed by atoms with van der Waals surface area (Å²) < 4.78 is 5.26. The number of carbonyl (C=O) groups is 1. The summed E-state index contributed by atoms with van der Waals surface area (Å²) in [6, 6.07) is 3.97. The van der Waals surface area contributed by atoms with Crippen molar-refractivity contribution in [1.82, 2.24) is 4.90 Å². The van der Waals surface area contributed by atoms with Crippen LogP contribution in [0.1, 0.15) is 18.2 Å². The van der Waals surface area contributed by atoms with Crippen molar-refractivity contribution in [3.63, 3.8) is 0 Å². The van der Waals surface area contributed by atoms with E-state index in [1.165, 1.54) is 0 Å². The van der Waals surface area contributed by atoms with Crippen molar-refractivity contribution >= 4 is 23.0 Å². The topological polar surface area (TPSA) is 51.1 Å². The van der Waals surface area contributed by atoms with Crippen LogP contribution in [0.3, 0.4) is 0 Å². The van der Waals surface area contributed by atoms with Crippen LogP contribution in [0.2, 0.25) is 0 Å². The molecule has 102 valence electrons. The van der Waals surface area contributed by atoms with Crippen LogP contribution >= 0.6 is 11.3 Å². The second-order valence-electron chi connectivity index (χ2n) is 4.92. The predicted molar refractivity (Wildman–Crippen MR) is 72.4 cm³/mol. The van der Waals surface area contributed by atoms with E-state index in [0.29, 0.717) is 32.7 Å². The normalized spacial score (nSPS) is 27.0. The van der Waals surface area contributed by atoms with E-state index in [4.69, 9.17) is 9.57 Å². The van der Waals surface area contributed by atoms with Crippen molar-refractivity contribution in [3.8, 4) is 0 Å². The lowest BCUT2D eigenvalue weighted by Crippen LogP contribution is -2.51. The number of thiophene rings is 1. The second-order valence-corrected chi connectivity index (χ2v) is 5.87. The Hall–Kier alpha value is -1.40. The van der Waals surface area contributed by atoms with Gasteiger partial charge in [-0.1, -0.05) is 11.2 Å². The molecule has 0 aromatic carbocycles. The maximum atomic E-state index is 12.5. The minimum absolute atomic E-state index is 0.00565. The summed E-state index contributed by atoms with van der Waals surface area (Å²) in [6.07, 6.45) is 0.531. The molecule has 0 N–H and O–H groups in total. The first kappa shape index (κ1) is 12.6. The second kappa shape index (κ2) is 4.94. The molecule has 5 nitrogen and oxygen atoms in total. The van der Waals surface area contributed by atoms with E-state index >= 15 is 0 Å². The van der Waals surface area contributed by atoms with Gasteiger partial charge in [-0.15, -0.1) is 11.3 Å². The molecular formula is C13H16N2O3S. The van der Waals surface area contributed by atoms with Gasteiger partial charge >= 0.3 is 0 Å². The zero-order valence-electron chi connectivity index (χ0n) is 10.8. The third-order valence-corrected chi connectivity index (χ3v) is 4.34. The molecule has 0 saturated carbocycles. The predicted octanol–water partition coefficient (Wildman–Crippen LogP) is 1.49. The first-order valence-corrected chi connectivity index (χ1v) is 7.23. The zero-order chi connectivity index (χ0) is 13.3. The number of hydrogen-bond donors (Lipinski definition) is 0. The van der Waals surface area contributed by atoms with Gasteiger partial charge in [-0.05, 0) is 18.4 Å². The van der Waals surface area contributed by atoms with Crippen LogP contribution in [-0.4, -0.2) is 48.4 Å². The van der Waals surface area contributed by atoms with Gasteiger partial charge in [-0.25, -0.2) is 0 Å². The quantitative estimate of drug-likeness (QED) is 0.824. The Balaban J connectivity index is 1.70. The molecule has 2 aliphatic heterocycles. The smallest absolute Gasteiger partial charge is 0.269 e. The molecule has 6 heteroatoms. The standard InChI is InChI=1S/C13H16N2O3S/c1-13(12(16)15-4-6-17-7-5-15)9-10(14-18-13)11-3-2-8-19-11/h2-3,8H,4-7,9H2,1H3. The van der Waals surface area contributed by atoms with E-state index < -0.39 is 5.60 Å². The maximum Gasteiger partial charge on any atom is 0.269 e. The summed E-state index contributed by atoms with van der Waals surface area (Å²) in [7, 11) is 0. The molecular weight excluding hydrogens is 264 g/mol. The number of nitrogens with zero attached hydrogens (tertiary/aromatic N) is 2. The fraction of sp³-hybridized carbons (Fsp3) is 0.538. The zero-order valence-corrected chi connectivity index (χ0v) is 11.6. The molecule has 1 unspecified atom stereocenters. The Morgan fingerprint density at radius 3 is 2.95 bits per heavy atom. The largest absolute Gasteiger partial charge is 0.379 e. The van der Waals surface area contributed by atoms with Crippen molar-refractivity contribution in [3.05, 3.63) is 22.4 Å². The van der Waals surface area contributed by atoms with Crippen molar-refractivity contribution in [1.29, 1.82) is 0 Å². The summed E-state index contributed by atoms with van der Waals surface area (Å²) in [6.45, 7) is 4.27. The fourth-order valence-corrected chi connectivity index (χ4v) is 3.04. The molecule has 1 aromatic rings. The van der Waals surface area contributed by atoms with Gasteiger partial charge in [0.2, 0.25) is 5.60 Å². The Kier molecular flexibility index (Phi) is 3.28. The first-order valence-electron chi connectivity index (χ1n) is 6.35. The van der Waals surface area contributed by atoms with Crippen molar-refractivity contribution in [2.45, 2.75) is 18.9 Å². The van der Waals surface area contributed by atoms with Crippen LogP contribution in [0.4, 0.5) is 0 Å². The maximum absolute atomic E-state index is 12.5. The number of morpholine rings is 1. The van der Waals surface area contributed by atoms with Crippen molar-refractivity contribution in [2.24, 2.45) is 5.16 Å². The van der Waals surface area contributed by atoms with Gasteiger partial charge < -0.3 is 14.5 Å². The summed E-state index contributed by atoms with van der Waals surface area (Å²) in [4.78, 5) is 20.8. The van der Waals surface area contributed by atoms with E-state index in [-0.39, 0.29) is 5.91 Å². The van der Waals surface area contributed by atoms with Gasteiger partial charge in [0, 0.05) is 19.5 Å². The molecule has 1 aromatic heterocycles. The molecule has 0 aliphatic carbocycles. The van der Waals surface area contributed by atoms with Crippen LogP contribution in [0.15, 0.2) is 22.7 Å². The molecule has 1 saturated heterocycles. The molecule has 0 bridgehead atoms. The lowest BCUT2D eigenvalue weighted by atomic mass is 9.97. The third-order valence-electron chi connectivity index (χ3n) is 3.42. The van der Waals surface area contributed by atoms with E-state index in [9.17, 15) is 4.79 Å². The Bertz CT molecular complexity index is 494. The molecule has 19 heavy (non-hydrogen) atoms. The summed E-state index contributed by atoms with van der Waals surface area (Å²) >= 11 is 1.61. The minimum atomic E-state index is -0.864. The van der Waals surface area contributed by atoms with Gasteiger partial charge in [-0.2, -0.15) is 0 Å². The van der Waals surface area contributed by atoms with Gasteiger partial charge in [0.1, 0.15) is 5.71 Å². The SMILES string of the molecule is CC1(C(=O)N2CCOCC2)CC(c2cccs2)=NO1. The highest BCUT2D eigenvalue weighted by molar-refractivity contribution is 7.12. The molecule has 1 atom stereocenters. The van der Waals surface area contributed by atoms with Crippen molar-refractivity contribution in [2.75, 3.05) is 26.3 Å². The highest BCUT2D eigenvalue weighted by Gasteiger charge is 2.45. The molecule has 2 aliphatic rings. The Morgan fingerprint density at radius 2 is 2.26 bits per heavy atom. The number of hydrogen-bond acceptors (Lipinski definition) is 5. The van der Waals surface area contributed by atoms with Crippen LogP contribution in [-0.2, 0) is 14.4 Å². The van der Waals surface area contributed by atoms with E-state index in [1.807, 2.05) is 24.4 Å². The lowest BCUT2D eigenvalue weighted by molar-refractivity contribution is -0.157. The monoisotopic (exact) mass is 280 g/mol. The first-order chi connectivity index (χ1) is 9.19. The van der Waals surface area contributed by atoms with Crippen LogP contribution in [0.5, 0.6) is 0 Å². The number of carbonyl (C=O) groups excluding carboxylic acids is 1. The van der Waals surface area contributed by atoms with Gasteiger partial charge in [0.25, 0.3) is 5.91 Å². The highest BCUT2D eigenvalue weighted by Crippen LogP contribution is 2.30. The number of amides is 1. The molecule has 1 amide bonds. The fourth-order valence-electron chi connectivity index (χ4n) is 2.33. The number of oxime groups is 1. The molecule has 0 radical (unpaired) electrons.